The Balaban J connectivity index is 2.59. The van der Waals surface area contributed by atoms with Crippen LogP contribution in [0.15, 0.2) is 36.4 Å². The fourth-order valence-corrected chi connectivity index (χ4v) is 1.76. The summed E-state index contributed by atoms with van der Waals surface area (Å²) in [5, 5.41) is 0. The maximum Gasteiger partial charge on any atom is 0.416 e. The number of hydrogen-bond acceptors (Lipinski definition) is 1. The second-order valence-electron chi connectivity index (χ2n) is 3.66. The Kier molecular flexibility index (Phi) is 3.21. The van der Waals surface area contributed by atoms with E-state index in [-0.39, 0.29) is 10.3 Å². The SMILES string of the molecule is Fc1cccc(-c2cc(C(F)(F)F)cc(=S)[nH]2)c1. The van der Waals surface area contributed by atoms with Crippen LogP contribution >= 0.6 is 12.2 Å². The number of nitrogens with one attached hydrogen (secondary N) is 1. The van der Waals surface area contributed by atoms with E-state index < -0.39 is 17.6 Å². The largest absolute Gasteiger partial charge is 0.416 e. The number of hydrogen-bond donors (Lipinski definition) is 1. The summed E-state index contributed by atoms with van der Waals surface area (Å²) in [6, 6.07) is 7.01. The lowest BCUT2D eigenvalue weighted by atomic mass is 10.1. The van der Waals surface area contributed by atoms with Crippen LogP contribution in [0.3, 0.4) is 0 Å². The Morgan fingerprint density at radius 2 is 1.78 bits per heavy atom. The fraction of sp³-hybridized carbons (Fsp3) is 0.0833. The molecule has 2 aromatic rings. The summed E-state index contributed by atoms with van der Waals surface area (Å²) < 4.78 is 50.8. The van der Waals surface area contributed by atoms with E-state index >= 15 is 0 Å². The van der Waals surface area contributed by atoms with E-state index in [1.807, 2.05) is 0 Å². The third-order valence-electron chi connectivity index (χ3n) is 2.31. The number of aromatic amines is 1. The number of aromatic nitrogens is 1. The Morgan fingerprint density at radius 3 is 2.39 bits per heavy atom. The molecule has 1 N–H and O–H groups in total. The van der Waals surface area contributed by atoms with Gasteiger partial charge in [0.2, 0.25) is 0 Å². The highest BCUT2D eigenvalue weighted by Gasteiger charge is 2.31. The lowest BCUT2D eigenvalue weighted by Crippen LogP contribution is -2.05. The first-order valence-electron chi connectivity index (χ1n) is 4.94. The zero-order chi connectivity index (χ0) is 13.3. The number of alkyl halides is 3. The summed E-state index contributed by atoms with van der Waals surface area (Å²) in [5.74, 6) is -0.524. The average molecular weight is 273 g/mol. The Hall–Kier alpha value is -1.69. The Bertz CT molecular complexity index is 630. The second kappa shape index (κ2) is 4.53. The van der Waals surface area contributed by atoms with Crippen LogP contribution < -0.4 is 0 Å². The van der Waals surface area contributed by atoms with Crippen LogP contribution in [0.1, 0.15) is 5.56 Å². The van der Waals surface area contributed by atoms with E-state index in [2.05, 4.69) is 4.98 Å². The number of benzene rings is 1. The van der Waals surface area contributed by atoms with Gasteiger partial charge in [-0.2, -0.15) is 13.2 Å². The smallest absolute Gasteiger partial charge is 0.346 e. The van der Waals surface area contributed by atoms with Crippen molar-refractivity contribution in [3.05, 3.63) is 52.4 Å². The van der Waals surface area contributed by atoms with Gasteiger partial charge in [0.25, 0.3) is 0 Å². The first-order valence-corrected chi connectivity index (χ1v) is 5.34. The summed E-state index contributed by atoms with van der Waals surface area (Å²) in [6.07, 6.45) is -4.48. The number of H-pyrrole nitrogens is 1. The molecule has 0 bridgehead atoms. The minimum atomic E-state index is -4.48. The molecule has 1 aromatic heterocycles. The molecule has 0 aliphatic rings. The molecule has 0 saturated carbocycles. The van der Waals surface area contributed by atoms with Crippen molar-refractivity contribution in [1.29, 1.82) is 0 Å². The van der Waals surface area contributed by atoms with E-state index in [0.717, 1.165) is 18.2 Å². The van der Waals surface area contributed by atoms with Crippen LogP contribution in [0.25, 0.3) is 11.3 Å². The molecule has 0 radical (unpaired) electrons. The lowest BCUT2D eigenvalue weighted by Gasteiger charge is -2.09. The van der Waals surface area contributed by atoms with Crippen molar-refractivity contribution in [1.82, 2.24) is 4.98 Å². The summed E-state index contributed by atoms with van der Waals surface area (Å²) >= 11 is 4.74. The molecule has 18 heavy (non-hydrogen) atoms. The topological polar surface area (TPSA) is 15.8 Å². The minimum absolute atomic E-state index is 0.0518. The molecular weight excluding hydrogens is 266 g/mol. The van der Waals surface area contributed by atoms with Crippen molar-refractivity contribution in [2.45, 2.75) is 6.18 Å². The van der Waals surface area contributed by atoms with Gasteiger partial charge in [-0.25, -0.2) is 4.39 Å². The Labute approximate surface area is 105 Å². The molecule has 1 heterocycles. The van der Waals surface area contributed by atoms with Gasteiger partial charge in [-0.3, -0.25) is 0 Å². The van der Waals surface area contributed by atoms with Crippen LogP contribution in [0.5, 0.6) is 0 Å². The average Bonchev–Trinajstić information content (AvgIpc) is 2.27. The highest BCUT2D eigenvalue weighted by molar-refractivity contribution is 7.71. The number of pyridine rings is 1. The predicted octanol–water partition coefficient (Wildman–Crippen LogP) is 4.57. The summed E-state index contributed by atoms with van der Waals surface area (Å²) in [5.41, 5.74) is -0.410. The van der Waals surface area contributed by atoms with Gasteiger partial charge in [0, 0.05) is 11.3 Å². The first kappa shape index (κ1) is 12.8. The van der Waals surface area contributed by atoms with Crippen LogP contribution in [0.4, 0.5) is 17.6 Å². The van der Waals surface area contributed by atoms with Crippen molar-refractivity contribution in [3.8, 4) is 11.3 Å². The van der Waals surface area contributed by atoms with E-state index in [1.54, 1.807) is 0 Å². The van der Waals surface area contributed by atoms with Crippen molar-refractivity contribution in [3.63, 3.8) is 0 Å². The molecule has 6 heteroatoms. The third-order valence-corrected chi connectivity index (χ3v) is 2.53. The highest BCUT2D eigenvalue weighted by Crippen LogP contribution is 2.31. The molecular formula is C12H7F4NS. The van der Waals surface area contributed by atoms with E-state index in [1.165, 1.54) is 18.2 Å². The molecule has 0 fully saturated rings. The standard InChI is InChI=1S/C12H7F4NS/c13-9-3-1-2-7(4-9)10-5-8(12(14,15)16)6-11(18)17-10/h1-6H,(H,17,18). The monoisotopic (exact) mass is 273 g/mol. The van der Waals surface area contributed by atoms with Gasteiger partial charge in [-0.15, -0.1) is 0 Å². The van der Waals surface area contributed by atoms with Crippen molar-refractivity contribution in [2.75, 3.05) is 0 Å². The number of rotatable bonds is 1. The molecule has 0 unspecified atom stereocenters. The molecule has 0 atom stereocenters. The first-order chi connectivity index (χ1) is 8.36. The second-order valence-corrected chi connectivity index (χ2v) is 4.09. The summed E-state index contributed by atoms with van der Waals surface area (Å²) in [6.45, 7) is 0. The zero-order valence-electron chi connectivity index (χ0n) is 8.88. The molecule has 0 spiro atoms. The van der Waals surface area contributed by atoms with Gasteiger partial charge in [0.15, 0.2) is 0 Å². The van der Waals surface area contributed by atoms with Gasteiger partial charge in [0.05, 0.1) is 5.56 Å². The highest BCUT2D eigenvalue weighted by atomic mass is 32.1. The molecule has 0 saturated heterocycles. The van der Waals surface area contributed by atoms with Crippen molar-refractivity contribution in [2.24, 2.45) is 0 Å². The molecule has 0 aliphatic carbocycles. The maximum atomic E-state index is 13.0. The minimum Gasteiger partial charge on any atom is -0.346 e. The maximum absolute atomic E-state index is 13.0. The van der Waals surface area contributed by atoms with Gasteiger partial charge < -0.3 is 4.98 Å². The fourth-order valence-electron chi connectivity index (χ4n) is 1.52. The van der Waals surface area contributed by atoms with Gasteiger partial charge in [-0.05, 0) is 24.3 Å². The third kappa shape index (κ3) is 2.76. The van der Waals surface area contributed by atoms with Crippen LogP contribution in [0, 0.1) is 10.5 Å². The van der Waals surface area contributed by atoms with Gasteiger partial charge >= 0.3 is 6.18 Å². The zero-order valence-corrected chi connectivity index (χ0v) is 9.70. The quantitative estimate of drug-likeness (QED) is 0.594. The molecule has 2 rings (SSSR count). The van der Waals surface area contributed by atoms with Crippen LogP contribution in [-0.2, 0) is 6.18 Å². The van der Waals surface area contributed by atoms with Crippen molar-refractivity contribution < 1.29 is 17.6 Å². The van der Waals surface area contributed by atoms with Gasteiger partial charge in [-0.1, -0.05) is 24.4 Å². The molecule has 0 aliphatic heterocycles. The van der Waals surface area contributed by atoms with E-state index in [9.17, 15) is 17.6 Å². The molecule has 94 valence electrons. The molecule has 1 aromatic carbocycles. The summed E-state index contributed by atoms with van der Waals surface area (Å²) in [4.78, 5) is 2.61. The Morgan fingerprint density at radius 1 is 1.06 bits per heavy atom. The lowest BCUT2D eigenvalue weighted by molar-refractivity contribution is -0.137. The molecule has 1 nitrogen and oxygen atoms in total. The normalized spacial score (nSPS) is 11.6. The number of halogens is 4. The van der Waals surface area contributed by atoms with Crippen molar-refractivity contribution >= 4 is 12.2 Å². The predicted molar refractivity (Wildman–Crippen MR) is 62.0 cm³/mol. The van der Waals surface area contributed by atoms with Gasteiger partial charge in [0.1, 0.15) is 10.5 Å². The summed E-state index contributed by atoms with van der Waals surface area (Å²) in [7, 11) is 0. The molecule has 0 amide bonds. The van der Waals surface area contributed by atoms with E-state index in [0.29, 0.717) is 5.56 Å². The van der Waals surface area contributed by atoms with E-state index in [4.69, 9.17) is 12.2 Å². The van der Waals surface area contributed by atoms with Crippen LogP contribution in [0.2, 0.25) is 0 Å². The van der Waals surface area contributed by atoms with Crippen LogP contribution in [-0.4, -0.2) is 4.98 Å².